The van der Waals surface area contributed by atoms with Gasteiger partial charge in [0.05, 0.1) is 12.7 Å². The summed E-state index contributed by atoms with van der Waals surface area (Å²) in [5.41, 5.74) is 0. The molecule has 11 heavy (non-hydrogen) atoms. The van der Waals surface area contributed by atoms with Crippen LogP contribution < -0.4 is 0 Å². The molecule has 64 valence electrons. The van der Waals surface area contributed by atoms with Crippen molar-refractivity contribution in [3.63, 3.8) is 0 Å². The average Bonchev–Trinajstić information content (AvgIpc) is 2.08. The Morgan fingerprint density at radius 2 is 2.27 bits per heavy atom. The van der Waals surface area contributed by atoms with E-state index in [9.17, 15) is 4.79 Å². The van der Waals surface area contributed by atoms with Crippen LogP contribution in [-0.4, -0.2) is 24.3 Å². The minimum Gasteiger partial charge on any atom is -0.348 e. The van der Waals surface area contributed by atoms with Crippen LogP contribution in [0.1, 0.15) is 27.2 Å². The topological polar surface area (TPSA) is 35.5 Å². The predicted molar refractivity (Wildman–Crippen MR) is 40.2 cm³/mol. The average molecular weight is 158 g/mol. The first-order valence-electron chi connectivity index (χ1n) is 3.81. The number of Topliss-reactive ketones (excluding diaryl/α,β-unsaturated/α-hetero) is 1. The van der Waals surface area contributed by atoms with Gasteiger partial charge in [-0.3, -0.25) is 4.79 Å². The molecule has 0 saturated carbocycles. The summed E-state index contributed by atoms with van der Waals surface area (Å²) < 4.78 is 10.7. The standard InChI is InChI=1S/C8H14O3/c1-6(9)4-7-5-10-8(2,3)11-7/h7H,4-5H2,1-3H3. The van der Waals surface area contributed by atoms with Crippen molar-refractivity contribution in [3.8, 4) is 0 Å². The molecule has 0 N–H and O–H groups in total. The highest BCUT2D eigenvalue weighted by molar-refractivity contribution is 5.76. The van der Waals surface area contributed by atoms with Gasteiger partial charge in [-0.05, 0) is 20.8 Å². The zero-order valence-electron chi connectivity index (χ0n) is 7.22. The molecule has 1 aliphatic heterocycles. The van der Waals surface area contributed by atoms with Crippen molar-refractivity contribution in [2.24, 2.45) is 0 Å². The molecule has 0 amide bonds. The highest BCUT2D eigenvalue weighted by Crippen LogP contribution is 2.23. The highest BCUT2D eigenvalue weighted by atomic mass is 16.7. The quantitative estimate of drug-likeness (QED) is 0.604. The second-order valence-corrected chi connectivity index (χ2v) is 3.36. The Balaban J connectivity index is 2.36. The minimum absolute atomic E-state index is 0.0394. The van der Waals surface area contributed by atoms with Crippen LogP contribution in [0.2, 0.25) is 0 Å². The fraction of sp³-hybridized carbons (Fsp3) is 0.875. The number of ether oxygens (including phenoxy) is 2. The molecule has 3 heteroatoms. The summed E-state index contributed by atoms with van der Waals surface area (Å²) in [5.74, 6) is -0.351. The molecule has 0 radical (unpaired) electrons. The van der Waals surface area contributed by atoms with E-state index in [-0.39, 0.29) is 11.9 Å². The fourth-order valence-electron chi connectivity index (χ4n) is 1.18. The van der Waals surface area contributed by atoms with Crippen LogP contribution in [0.25, 0.3) is 0 Å². The van der Waals surface area contributed by atoms with Gasteiger partial charge in [-0.2, -0.15) is 0 Å². The number of ketones is 1. The number of hydrogen-bond acceptors (Lipinski definition) is 3. The van der Waals surface area contributed by atoms with Gasteiger partial charge in [-0.1, -0.05) is 0 Å². The molecule has 3 nitrogen and oxygen atoms in total. The molecule has 1 unspecified atom stereocenters. The van der Waals surface area contributed by atoms with E-state index >= 15 is 0 Å². The summed E-state index contributed by atoms with van der Waals surface area (Å²) in [4.78, 5) is 10.7. The Kier molecular flexibility index (Phi) is 2.30. The lowest BCUT2D eigenvalue weighted by Crippen LogP contribution is -2.22. The first-order valence-corrected chi connectivity index (χ1v) is 3.81. The van der Waals surface area contributed by atoms with Crippen LogP contribution in [0, 0.1) is 0 Å². The molecule has 0 aliphatic carbocycles. The van der Waals surface area contributed by atoms with Gasteiger partial charge in [0.25, 0.3) is 0 Å². The summed E-state index contributed by atoms with van der Waals surface area (Å²) in [6.45, 7) is 5.81. The van der Waals surface area contributed by atoms with Gasteiger partial charge < -0.3 is 9.47 Å². The Morgan fingerprint density at radius 1 is 1.64 bits per heavy atom. The third kappa shape index (κ3) is 2.60. The number of carbonyl (C=O) groups excluding carboxylic acids is 1. The zero-order valence-corrected chi connectivity index (χ0v) is 7.22. The maximum Gasteiger partial charge on any atom is 0.163 e. The molecule has 1 aliphatic rings. The van der Waals surface area contributed by atoms with E-state index < -0.39 is 5.79 Å². The van der Waals surface area contributed by atoms with Crippen LogP contribution in [0.5, 0.6) is 0 Å². The van der Waals surface area contributed by atoms with Gasteiger partial charge in [0, 0.05) is 6.42 Å². The van der Waals surface area contributed by atoms with Crippen LogP contribution in [0.4, 0.5) is 0 Å². The first kappa shape index (κ1) is 8.68. The lowest BCUT2D eigenvalue weighted by molar-refractivity contribution is -0.141. The lowest BCUT2D eigenvalue weighted by Gasteiger charge is -2.16. The van der Waals surface area contributed by atoms with E-state index in [1.54, 1.807) is 6.92 Å². The molecule has 1 rings (SSSR count). The molecule has 0 bridgehead atoms. The van der Waals surface area contributed by atoms with Crippen LogP contribution in [0.15, 0.2) is 0 Å². The van der Waals surface area contributed by atoms with Gasteiger partial charge >= 0.3 is 0 Å². The predicted octanol–water partition coefficient (Wildman–Crippen LogP) is 1.12. The molecule has 1 fully saturated rings. The smallest absolute Gasteiger partial charge is 0.163 e. The van der Waals surface area contributed by atoms with Crippen LogP contribution in [-0.2, 0) is 14.3 Å². The summed E-state index contributed by atoms with van der Waals surface area (Å²) in [6.07, 6.45) is 0.422. The zero-order chi connectivity index (χ0) is 8.48. The lowest BCUT2D eigenvalue weighted by atomic mass is 10.2. The van der Waals surface area contributed by atoms with E-state index in [2.05, 4.69) is 0 Å². The van der Waals surface area contributed by atoms with Gasteiger partial charge in [0.2, 0.25) is 0 Å². The largest absolute Gasteiger partial charge is 0.348 e. The van der Waals surface area contributed by atoms with E-state index in [0.717, 1.165) is 0 Å². The molecule has 0 aromatic heterocycles. The minimum atomic E-state index is -0.500. The number of carbonyl (C=O) groups is 1. The van der Waals surface area contributed by atoms with E-state index in [1.807, 2.05) is 13.8 Å². The van der Waals surface area contributed by atoms with Gasteiger partial charge in [0.1, 0.15) is 5.78 Å². The third-order valence-corrected chi connectivity index (χ3v) is 1.58. The Labute approximate surface area is 66.7 Å². The summed E-state index contributed by atoms with van der Waals surface area (Å²) >= 11 is 0. The van der Waals surface area contributed by atoms with Crippen molar-refractivity contribution in [2.75, 3.05) is 6.61 Å². The van der Waals surface area contributed by atoms with E-state index in [1.165, 1.54) is 0 Å². The van der Waals surface area contributed by atoms with Crippen molar-refractivity contribution in [1.29, 1.82) is 0 Å². The number of hydrogen-bond donors (Lipinski definition) is 0. The van der Waals surface area contributed by atoms with Crippen LogP contribution in [0.3, 0.4) is 0 Å². The highest BCUT2D eigenvalue weighted by Gasteiger charge is 2.32. The molecular weight excluding hydrogens is 144 g/mol. The molecular formula is C8H14O3. The van der Waals surface area contributed by atoms with Crippen molar-refractivity contribution in [2.45, 2.75) is 39.1 Å². The summed E-state index contributed by atoms with van der Waals surface area (Å²) in [7, 11) is 0. The normalized spacial score (nSPS) is 28.8. The molecule has 0 aromatic carbocycles. The third-order valence-electron chi connectivity index (χ3n) is 1.58. The van der Waals surface area contributed by atoms with Crippen molar-refractivity contribution < 1.29 is 14.3 Å². The molecule has 1 saturated heterocycles. The van der Waals surface area contributed by atoms with Gasteiger partial charge in [-0.15, -0.1) is 0 Å². The molecule has 1 atom stereocenters. The molecule has 1 heterocycles. The molecule has 0 aromatic rings. The maximum absolute atomic E-state index is 10.7. The van der Waals surface area contributed by atoms with Crippen LogP contribution >= 0.6 is 0 Å². The Morgan fingerprint density at radius 3 is 2.64 bits per heavy atom. The van der Waals surface area contributed by atoms with Gasteiger partial charge in [0.15, 0.2) is 5.79 Å². The summed E-state index contributed by atoms with van der Waals surface area (Å²) in [5, 5.41) is 0. The van der Waals surface area contributed by atoms with E-state index in [0.29, 0.717) is 13.0 Å². The molecule has 0 spiro atoms. The SMILES string of the molecule is CC(=O)CC1COC(C)(C)O1. The fourth-order valence-corrected chi connectivity index (χ4v) is 1.18. The Hall–Kier alpha value is -0.410. The Bertz CT molecular complexity index is 163. The maximum atomic E-state index is 10.7. The first-order chi connectivity index (χ1) is 4.99. The van der Waals surface area contributed by atoms with Gasteiger partial charge in [-0.25, -0.2) is 0 Å². The van der Waals surface area contributed by atoms with Crippen molar-refractivity contribution >= 4 is 5.78 Å². The van der Waals surface area contributed by atoms with Crippen molar-refractivity contribution in [1.82, 2.24) is 0 Å². The van der Waals surface area contributed by atoms with Crippen molar-refractivity contribution in [3.05, 3.63) is 0 Å². The summed E-state index contributed by atoms with van der Waals surface area (Å²) in [6, 6.07) is 0. The monoisotopic (exact) mass is 158 g/mol. The second kappa shape index (κ2) is 2.91. The number of rotatable bonds is 2. The van der Waals surface area contributed by atoms with E-state index in [4.69, 9.17) is 9.47 Å². The second-order valence-electron chi connectivity index (χ2n) is 3.36.